The van der Waals surface area contributed by atoms with E-state index in [4.69, 9.17) is 17.3 Å². The summed E-state index contributed by atoms with van der Waals surface area (Å²) in [5.74, 6) is 1.55. The number of hydrogen-bond acceptors (Lipinski definition) is 5. The summed E-state index contributed by atoms with van der Waals surface area (Å²) in [7, 11) is 1.91. The summed E-state index contributed by atoms with van der Waals surface area (Å²) in [6.07, 6.45) is 1.69. The largest absolute Gasteiger partial charge is 0.324 e. The Morgan fingerprint density at radius 1 is 1.47 bits per heavy atom. The van der Waals surface area contributed by atoms with Crippen molar-refractivity contribution in [2.45, 2.75) is 17.5 Å². The lowest BCUT2D eigenvalue weighted by molar-refractivity contribution is 0.734. The summed E-state index contributed by atoms with van der Waals surface area (Å²) in [5, 5.41) is 9.41. The molecule has 7 heteroatoms. The molecule has 0 aliphatic heterocycles. The monoisotopic (exact) mass is 269 g/mol. The van der Waals surface area contributed by atoms with Gasteiger partial charge in [0.1, 0.15) is 11.0 Å². The van der Waals surface area contributed by atoms with Gasteiger partial charge in [0.2, 0.25) is 0 Å². The molecule has 0 aliphatic rings. The first-order valence-electron chi connectivity index (χ1n) is 5.02. The standard InChI is InChI=1S/C10H12ClN5S/c1-16-9(5-12)14-15-10(16)17-6-7-2-3-13-8(11)4-7/h2-4H,5-6,12H2,1H3. The van der Waals surface area contributed by atoms with Gasteiger partial charge in [-0.3, -0.25) is 0 Å². The van der Waals surface area contributed by atoms with E-state index in [-0.39, 0.29) is 0 Å². The second-order valence-corrected chi connectivity index (χ2v) is 4.77. The van der Waals surface area contributed by atoms with Crippen molar-refractivity contribution in [3.8, 4) is 0 Å². The first kappa shape index (κ1) is 12.3. The third-order valence-corrected chi connectivity index (χ3v) is 3.56. The van der Waals surface area contributed by atoms with Crippen molar-refractivity contribution in [3.05, 3.63) is 34.9 Å². The van der Waals surface area contributed by atoms with Crippen molar-refractivity contribution < 1.29 is 0 Å². The molecule has 0 saturated heterocycles. The van der Waals surface area contributed by atoms with E-state index in [1.165, 1.54) is 0 Å². The molecule has 90 valence electrons. The first-order valence-corrected chi connectivity index (χ1v) is 6.38. The number of hydrogen-bond donors (Lipinski definition) is 1. The van der Waals surface area contributed by atoms with Gasteiger partial charge in [-0.05, 0) is 17.7 Å². The predicted molar refractivity (Wildman–Crippen MR) is 67.7 cm³/mol. The molecule has 0 aromatic carbocycles. The third-order valence-electron chi connectivity index (χ3n) is 2.27. The van der Waals surface area contributed by atoms with Gasteiger partial charge in [0, 0.05) is 19.0 Å². The van der Waals surface area contributed by atoms with Crippen LogP contribution in [0.2, 0.25) is 5.15 Å². The van der Waals surface area contributed by atoms with Gasteiger partial charge in [-0.1, -0.05) is 23.4 Å². The molecular weight excluding hydrogens is 258 g/mol. The maximum absolute atomic E-state index is 5.81. The van der Waals surface area contributed by atoms with Crippen molar-refractivity contribution in [3.63, 3.8) is 0 Å². The Hall–Kier alpha value is -1.11. The number of thioether (sulfide) groups is 1. The Morgan fingerprint density at radius 2 is 2.29 bits per heavy atom. The zero-order chi connectivity index (χ0) is 12.3. The highest BCUT2D eigenvalue weighted by Gasteiger charge is 2.07. The highest BCUT2D eigenvalue weighted by Crippen LogP contribution is 2.21. The van der Waals surface area contributed by atoms with E-state index in [0.717, 1.165) is 22.3 Å². The van der Waals surface area contributed by atoms with E-state index in [0.29, 0.717) is 11.7 Å². The van der Waals surface area contributed by atoms with Crippen molar-refractivity contribution in [2.24, 2.45) is 12.8 Å². The van der Waals surface area contributed by atoms with Gasteiger partial charge < -0.3 is 10.3 Å². The zero-order valence-electron chi connectivity index (χ0n) is 9.30. The quantitative estimate of drug-likeness (QED) is 0.675. The minimum Gasteiger partial charge on any atom is -0.324 e. The minimum atomic E-state index is 0.394. The molecule has 5 nitrogen and oxygen atoms in total. The maximum atomic E-state index is 5.81. The molecule has 2 aromatic rings. The smallest absolute Gasteiger partial charge is 0.191 e. The average molecular weight is 270 g/mol. The van der Waals surface area contributed by atoms with Gasteiger partial charge in [0.15, 0.2) is 5.16 Å². The van der Waals surface area contributed by atoms with Crippen molar-refractivity contribution in [2.75, 3.05) is 0 Å². The first-order chi connectivity index (χ1) is 8.20. The molecule has 0 aliphatic carbocycles. The normalized spacial score (nSPS) is 10.8. The summed E-state index contributed by atoms with van der Waals surface area (Å²) in [5.41, 5.74) is 6.64. The Labute approximate surface area is 108 Å². The summed E-state index contributed by atoms with van der Waals surface area (Å²) < 4.78 is 1.90. The van der Waals surface area contributed by atoms with E-state index in [2.05, 4.69) is 15.2 Å². The van der Waals surface area contributed by atoms with Gasteiger partial charge in [0.05, 0.1) is 6.54 Å². The van der Waals surface area contributed by atoms with E-state index >= 15 is 0 Å². The molecule has 0 spiro atoms. The summed E-state index contributed by atoms with van der Waals surface area (Å²) in [4.78, 5) is 3.94. The van der Waals surface area contributed by atoms with Gasteiger partial charge >= 0.3 is 0 Å². The average Bonchev–Trinajstić information content (AvgIpc) is 2.67. The van der Waals surface area contributed by atoms with Crippen molar-refractivity contribution in [1.29, 1.82) is 0 Å². The van der Waals surface area contributed by atoms with Crippen LogP contribution in [-0.2, 0) is 19.3 Å². The maximum Gasteiger partial charge on any atom is 0.191 e. The predicted octanol–water partition coefficient (Wildman–Crippen LogP) is 1.61. The molecule has 0 unspecified atom stereocenters. The summed E-state index contributed by atoms with van der Waals surface area (Å²) in [6.45, 7) is 0.394. The number of halogens is 1. The topological polar surface area (TPSA) is 69.6 Å². The van der Waals surface area contributed by atoms with Gasteiger partial charge in [-0.2, -0.15) is 0 Å². The number of nitrogens with zero attached hydrogens (tertiary/aromatic N) is 4. The zero-order valence-corrected chi connectivity index (χ0v) is 10.9. The molecule has 2 N–H and O–H groups in total. The Kier molecular flexibility index (Phi) is 3.98. The van der Waals surface area contributed by atoms with Crippen molar-refractivity contribution >= 4 is 23.4 Å². The minimum absolute atomic E-state index is 0.394. The summed E-state index contributed by atoms with van der Waals surface area (Å²) in [6, 6.07) is 3.77. The lowest BCUT2D eigenvalue weighted by Crippen LogP contribution is -2.05. The fraction of sp³-hybridized carbons (Fsp3) is 0.300. The van der Waals surface area contributed by atoms with Crippen LogP contribution in [0.1, 0.15) is 11.4 Å². The molecule has 17 heavy (non-hydrogen) atoms. The molecule has 0 radical (unpaired) electrons. The SMILES string of the molecule is Cn1c(CN)nnc1SCc1ccnc(Cl)c1. The Bertz CT molecular complexity index is 513. The molecule has 2 heterocycles. The van der Waals surface area contributed by atoms with Crippen LogP contribution in [0.15, 0.2) is 23.5 Å². The lowest BCUT2D eigenvalue weighted by atomic mass is 10.3. The molecule has 0 fully saturated rings. The fourth-order valence-corrected chi connectivity index (χ4v) is 2.40. The van der Waals surface area contributed by atoms with E-state index in [1.54, 1.807) is 18.0 Å². The highest BCUT2D eigenvalue weighted by molar-refractivity contribution is 7.98. The molecule has 2 rings (SSSR count). The Balaban J connectivity index is 2.05. The molecule has 0 saturated carbocycles. The van der Waals surface area contributed by atoms with Crippen LogP contribution in [0.25, 0.3) is 0 Å². The number of rotatable bonds is 4. The third kappa shape index (κ3) is 2.96. The van der Waals surface area contributed by atoms with E-state index in [1.807, 2.05) is 23.7 Å². The summed E-state index contributed by atoms with van der Waals surface area (Å²) >= 11 is 7.41. The van der Waals surface area contributed by atoms with Gasteiger partial charge in [0.25, 0.3) is 0 Å². The van der Waals surface area contributed by atoms with Crippen LogP contribution in [0.3, 0.4) is 0 Å². The van der Waals surface area contributed by atoms with E-state index < -0.39 is 0 Å². The van der Waals surface area contributed by atoms with E-state index in [9.17, 15) is 0 Å². The Morgan fingerprint density at radius 3 is 2.94 bits per heavy atom. The second-order valence-electron chi connectivity index (χ2n) is 3.44. The van der Waals surface area contributed by atoms with Gasteiger partial charge in [-0.25, -0.2) is 4.98 Å². The van der Waals surface area contributed by atoms with Gasteiger partial charge in [-0.15, -0.1) is 10.2 Å². The highest BCUT2D eigenvalue weighted by atomic mass is 35.5. The lowest BCUT2D eigenvalue weighted by Gasteiger charge is -2.02. The second kappa shape index (κ2) is 5.48. The van der Waals surface area contributed by atoms with Crippen LogP contribution in [0.5, 0.6) is 0 Å². The van der Waals surface area contributed by atoms with Crippen LogP contribution >= 0.6 is 23.4 Å². The number of pyridine rings is 1. The van der Waals surface area contributed by atoms with Crippen molar-refractivity contribution in [1.82, 2.24) is 19.7 Å². The van der Waals surface area contributed by atoms with Crippen LogP contribution in [0.4, 0.5) is 0 Å². The fourth-order valence-electron chi connectivity index (χ4n) is 1.33. The molecular formula is C10H12ClN5S. The number of aromatic nitrogens is 4. The van der Waals surface area contributed by atoms with Crippen LogP contribution in [-0.4, -0.2) is 19.7 Å². The molecule has 0 atom stereocenters. The number of nitrogens with two attached hydrogens (primary N) is 1. The molecule has 0 bridgehead atoms. The molecule has 2 aromatic heterocycles. The molecule has 0 amide bonds. The van der Waals surface area contributed by atoms with Crippen LogP contribution in [0, 0.1) is 0 Å². The van der Waals surface area contributed by atoms with Crippen LogP contribution < -0.4 is 5.73 Å².